The zero-order valence-corrected chi connectivity index (χ0v) is 11.9. The average Bonchev–Trinajstić information content (AvgIpc) is 2.37. The molecule has 1 fully saturated rings. The molecule has 2 rings (SSSR count). The largest absolute Gasteiger partial charge is 0.384 e. The number of benzene rings is 1. The second-order valence-corrected chi connectivity index (χ2v) is 5.80. The van der Waals surface area contributed by atoms with Crippen LogP contribution in [-0.2, 0) is 6.54 Å². The summed E-state index contributed by atoms with van der Waals surface area (Å²) in [6, 6.07) is 8.36. The summed E-state index contributed by atoms with van der Waals surface area (Å²) >= 11 is 0. The second kappa shape index (κ2) is 6.75. The number of hydrogen-bond acceptors (Lipinski definition) is 2. The molecule has 1 N–H and O–H groups in total. The van der Waals surface area contributed by atoms with Gasteiger partial charge in [-0.15, -0.1) is 0 Å². The highest BCUT2D eigenvalue weighted by Gasteiger charge is 2.21. The van der Waals surface area contributed by atoms with Gasteiger partial charge in [-0.25, -0.2) is 0 Å². The lowest BCUT2D eigenvalue weighted by molar-refractivity contribution is 0.134. The van der Waals surface area contributed by atoms with Crippen molar-refractivity contribution in [2.45, 2.75) is 26.8 Å². The minimum Gasteiger partial charge on any atom is -0.384 e. The van der Waals surface area contributed by atoms with E-state index in [1.54, 1.807) is 0 Å². The van der Waals surface area contributed by atoms with E-state index in [-0.39, 0.29) is 6.61 Å². The fourth-order valence-corrected chi connectivity index (χ4v) is 3.01. The molecule has 1 heterocycles. The van der Waals surface area contributed by atoms with Crippen LogP contribution in [0.2, 0.25) is 0 Å². The predicted octanol–water partition coefficient (Wildman–Crippen LogP) is 2.51. The van der Waals surface area contributed by atoms with Crippen LogP contribution < -0.4 is 0 Å². The van der Waals surface area contributed by atoms with Gasteiger partial charge in [0.25, 0.3) is 0 Å². The molecule has 102 valence electrons. The Balaban J connectivity index is 1.95. The Kier molecular flexibility index (Phi) is 5.01. The van der Waals surface area contributed by atoms with Crippen molar-refractivity contribution in [2.24, 2.45) is 11.8 Å². The van der Waals surface area contributed by atoms with Crippen LogP contribution in [0.1, 0.15) is 31.4 Å². The fourth-order valence-electron chi connectivity index (χ4n) is 3.01. The molecule has 2 heteroatoms. The van der Waals surface area contributed by atoms with Crippen molar-refractivity contribution < 1.29 is 5.11 Å². The summed E-state index contributed by atoms with van der Waals surface area (Å²) in [6.45, 7) is 8.05. The van der Waals surface area contributed by atoms with E-state index in [4.69, 9.17) is 5.11 Å². The normalized spacial score (nSPS) is 23.7. The Labute approximate surface area is 116 Å². The highest BCUT2D eigenvalue weighted by Crippen LogP contribution is 2.22. The van der Waals surface area contributed by atoms with E-state index in [1.807, 2.05) is 12.1 Å². The van der Waals surface area contributed by atoms with Crippen LogP contribution in [0.5, 0.6) is 0 Å². The van der Waals surface area contributed by atoms with Crippen molar-refractivity contribution >= 4 is 0 Å². The van der Waals surface area contributed by atoms with Gasteiger partial charge in [0, 0.05) is 25.2 Å². The lowest BCUT2D eigenvalue weighted by Gasteiger charge is -2.35. The maximum atomic E-state index is 8.67. The third-order valence-corrected chi connectivity index (χ3v) is 3.62. The maximum absolute atomic E-state index is 8.67. The maximum Gasteiger partial charge on any atom is 0.104 e. The molecule has 1 aromatic rings. The van der Waals surface area contributed by atoms with Crippen molar-refractivity contribution in [1.82, 2.24) is 4.90 Å². The molecule has 0 amide bonds. The number of rotatable bonds is 2. The van der Waals surface area contributed by atoms with Gasteiger partial charge in [0.15, 0.2) is 0 Å². The summed E-state index contributed by atoms with van der Waals surface area (Å²) < 4.78 is 0. The van der Waals surface area contributed by atoms with Crippen LogP contribution in [0.15, 0.2) is 24.3 Å². The van der Waals surface area contributed by atoms with Gasteiger partial charge < -0.3 is 5.11 Å². The van der Waals surface area contributed by atoms with Crippen molar-refractivity contribution in [3.63, 3.8) is 0 Å². The van der Waals surface area contributed by atoms with Crippen molar-refractivity contribution in [3.8, 4) is 11.8 Å². The third-order valence-electron chi connectivity index (χ3n) is 3.62. The Morgan fingerprint density at radius 1 is 1.16 bits per heavy atom. The number of piperidine rings is 1. The summed E-state index contributed by atoms with van der Waals surface area (Å²) in [5.41, 5.74) is 2.31. The summed E-state index contributed by atoms with van der Waals surface area (Å²) in [4.78, 5) is 2.55. The molecular weight excluding hydrogens is 234 g/mol. The smallest absolute Gasteiger partial charge is 0.104 e. The number of aliphatic hydroxyl groups excluding tert-OH is 1. The topological polar surface area (TPSA) is 23.5 Å². The first-order valence-electron chi connectivity index (χ1n) is 7.08. The lowest BCUT2D eigenvalue weighted by Crippen LogP contribution is -2.38. The van der Waals surface area contributed by atoms with Gasteiger partial charge in [-0.1, -0.05) is 37.8 Å². The first kappa shape index (κ1) is 14.1. The summed E-state index contributed by atoms with van der Waals surface area (Å²) in [6.07, 6.45) is 1.35. The predicted molar refractivity (Wildman–Crippen MR) is 78.6 cm³/mol. The molecule has 1 saturated heterocycles. The minimum absolute atomic E-state index is 0.0781. The molecule has 0 saturated carbocycles. The van der Waals surface area contributed by atoms with E-state index in [1.165, 1.54) is 25.1 Å². The SMILES string of the molecule is CC1CC(C)CN(Cc2ccc(C#CCO)cc2)C1. The van der Waals surface area contributed by atoms with Gasteiger partial charge in [0.1, 0.15) is 6.61 Å². The zero-order valence-electron chi connectivity index (χ0n) is 11.9. The molecule has 0 bridgehead atoms. The zero-order chi connectivity index (χ0) is 13.7. The quantitative estimate of drug-likeness (QED) is 0.823. The van der Waals surface area contributed by atoms with Crippen LogP contribution in [0, 0.1) is 23.7 Å². The van der Waals surface area contributed by atoms with Crippen molar-refractivity contribution in [2.75, 3.05) is 19.7 Å². The monoisotopic (exact) mass is 257 g/mol. The fraction of sp³-hybridized carbons (Fsp3) is 0.529. The summed E-state index contributed by atoms with van der Waals surface area (Å²) in [5.74, 6) is 7.21. The first-order chi connectivity index (χ1) is 9.17. The number of aliphatic hydroxyl groups is 1. The van der Waals surface area contributed by atoms with E-state index in [9.17, 15) is 0 Å². The van der Waals surface area contributed by atoms with E-state index in [2.05, 4.69) is 42.7 Å². The molecule has 2 nitrogen and oxygen atoms in total. The van der Waals surface area contributed by atoms with Gasteiger partial charge in [-0.3, -0.25) is 4.90 Å². The van der Waals surface area contributed by atoms with Gasteiger partial charge >= 0.3 is 0 Å². The second-order valence-electron chi connectivity index (χ2n) is 5.80. The van der Waals surface area contributed by atoms with Crippen LogP contribution >= 0.6 is 0 Å². The molecule has 1 aliphatic heterocycles. The third kappa shape index (κ3) is 4.38. The Hall–Kier alpha value is -1.30. The number of likely N-dealkylation sites (tertiary alicyclic amines) is 1. The van der Waals surface area contributed by atoms with Crippen LogP contribution in [-0.4, -0.2) is 29.7 Å². The molecule has 2 atom stereocenters. The molecule has 0 aliphatic carbocycles. The Bertz CT molecular complexity index is 444. The Morgan fingerprint density at radius 2 is 1.79 bits per heavy atom. The molecule has 0 spiro atoms. The van der Waals surface area contributed by atoms with Gasteiger partial charge in [0.2, 0.25) is 0 Å². The van der Waals surface area contributed by atoms with Crippen molar-refractivity contribution in [1.29, 1.82) is 0 Å². The molecule has 2 unspecified atom stereocenters. The molecule has 0 radical (unpaired) electrons. The highest BCUT2D eigenvalue weighted by atomic mass is 16.2. The first-order valence-corrected chi connectivity index (χ1v) is 7.08. The summed E-state index contributed by atoms with van der Waals surface area (Å²) in [7, 11) is 0. The lowest BCUT2D eigenvalue weighted by atomic mass is 9.91. The summed E-state index contributed by atoms with van der Waals surface area (Å²) in [5, 5.41) is 8.67. The van der Waals surface area contributed by atoms with Gasteiger partial charge in [0.05, 0.1) is 0 Å². The minimum atomic E-state index is -0.0781. The average molecular weight is 257 g/mol. The van der Waals surface area contributed by atoms with Crippen LogP contribution in [0.3, 0.4) is 0 Å². The molecule has 1 aliphatic rings. The van der Waals surface area contributed by atoms with E-state index in [0.29, 0.717) is 0 Å². The standard InChI is InChI=1S/C17H23NO/c1-14-10-15(2)12-18(11-14)13-17-7-5-16(6-8-17)4-3-9-19/h5-8,14-15,19H,9-13H2,1-2H3. The van der Waals surface area contributed by atoms with Gasteiger partial charge in [-0.2, -0.15) is 0 Å². The Morgan fingerprint density at radius 3 is 2.37 bits per heavy atom. The molecule has 1 aromatic carbocycles. The van der Waals surface area contributed by atoms with Crippen LogP contribution in [0.25, 0.3) is 0 Å². The van der Waals surface area contributed by atoms with Crippen LogP contribution in [0.4, 0.5) is 0 Å². The number of hydrogen-bond donors (Lipinski definition) is 1. The number of nitrogens with zero attached hydrogens (tertiary/aromatic N) is 1. The molecule has 19 heavy (non-hydrogen) atoms. The molecule has 0 aromatic heterocycles. The van der Waals surface area contributed by atoms with E-state index >= 15 is 0 Å². The van der Waals surface area contributed by atoms with Gasteiger partial charge in [-0.05, 0) is 36.0 Å². The van der Waals surface area contributed by atoms with E-state index in [0.717, 1.165) is 23.9 Å². The van der Waals surface area contributed by atoms with E-state index < -0.39 is 0 Å². The highest BCUT2D eigenvalue weighted by molar-refractivity contribution is 5.36. The molecular formula is C17H23NO. The van der Waals surface area contributed by atoms with Crippen molar-refractivity contribution in [3.05, 3.63) is 35.4 Å².